The molecule has 0 fully saturated rings. The van der Waals surface area contributed by atoms with E-state index in [-0.39, 0.29) is 13.2 Å². The summed E-state index contributed by atoms with van der Waals surface area (Å²) in [6.45, 7) is 5.72. The van der Waals surface area contributed by atoms with Crippen LogP contribution in [-0.2, 0) is 6.54 Å². The Kier molecular flexibility index (Phi) is 7.72. The molecule has 0 heterocycles. The maximum Gasteiger partial charge on any atom is 0.120 e. The molecule has 2 N–H and O–H groups in total. The Morgan fingerprint density at radius 3 is 2.36 bits per heavy atom. The molecule has 0 radical (unpaired) electrons. The quantitative estimate of drug-likeness (QED) is 0.718. The van der Waals surface area contributed by atoms with Gasteiger partial charge in [-0.1, -0.05) is 41.9 Å². The number of benzene rings is 2. The Bertz CT molecular complexity index is 640. The molecule has 2 aromatic rings. The predicted molar refractivity (Wildman–Crippen MR) is 101 cm³/mol. The third kappa shape index (κ3) is 6.33. The molecule has 2 rings (SSSR count). The van der Waals surface area contributed by atoms with E-state index in [1.165, 1.54) is 0 Å². The number of hydrogen-bond donors (Lipinski definition) is 2. The highest BCUT2D eigenvalue weighted by atomic mass is 35.5. The van der Waals surface area contributed by atoms with Gasteiger partial charge < -0.3 is 14.9 Å². The molecule has 0 aliphatic carbocycles. The maximum absolute atomic E-state index is 10.3. The van der Waals surface area contributed by atoms with E-state index in [2.05, 4.69) is 0 Å². The van der Waals surface area contributed by atoms with Crippen molar-refractivity contribution < 1.29 is 14.9 Å². The average Bonchev–Trinajstić information content (AvgIpc) is 2.59. The minimum absolute atomic E-state index is 0.0516. The maximum atomic E-state index is 10.3. The van der Waals surface area contributed by atoms with Crippen molar-refractivity contribution in [3.05, 3.63) is 64.2 Å². The first-order valence-electron chi connectivity index (χ1n) is 8.44. The molecule has 0 saturated heterocycles. The van der Waals surface area contributed by atoms with E-state index in [4.69, 9.17) is 16.3 Å². The van der Waals surface area contributed by atoms with Crippen LogP contribution in [0.4, 0.5) is 0 Å². The van der Waals surface area contributed by atoms with Crippen LogP contribution in [-0.4, -0.2) is 47.5 Å². The molecule has 136 valence electrons. The third-order valence-electron chi connectivity index (χ3n) is 3.99. The van der Waals surface area contributed by atoms with Crippen molar-refractivity contribution in [3.8, 4) is 5.75 Å². The van der Waals surface area contributed by atoms with Crippen molar-refractivity contribution in [1.82, 2.24) is 4.90 Å². The van der Waals surface area contributed by atoms with E-state index in [1.807, 2.05) is 61.2 Å². The molecule has 0 aromatic heterocycles. The number of rotatable bonds is 9. The van der Waals surface area contributed by atoms with Crippen molar-refractivity contribution in [1.29, 1.82) is 0 Å². The molecule has 0 bridgehead atoms. The summed E-state index contributed by atoms with van der Waals surface area (Å²) in [5.74, 6) is 0.704. The van der Waals surface area contributed by atoms with Gasteiger partial charge in [-0.15, -0.1) is 0 Å². The second-order valence-electron chi connectivity index (χ2n) is 6.28. The van der Waals surface area contributed by atoms with E-state index in [9.17, 15) is 10.2 Å². The molecule has 4 nitrogen and oxygen atoms in total. The third-order valence-corrected chi connectivity index (χ3v) is 4.58. The highest BCUT2D eigenvalue weighted by Crippen LogP contribution is 2.25. The Labute approximate surface area is 154 Å². The lowest BCUT2D eigenvalue weighted by Crippen LogP contribution is -2.37. The summed E-state index contributed by atoms with van der Waals surface area (Å²) in [6, 6.07) is 13.8. The molecule has 0 amide bonds. The molecule has 1 atom stereocenters. The zero-order valence-corrected chi connectivity index (χ0v) is 15.5. The second-order valence-corrected chi connectivity index (χ2v) is 6.66. The van der Waals surface area contributed by atoms with Crippen LogP contribution < -0.4 is 4.74 Å². The van der Waals surface area contributed by atoms with Gasteiger partial charge in [0.15, 0.2) is 0 Å². The van der Waals surface area contributed by atoms with Crippen molar-refractivity contribution in [2.45, 2.75) is 26.5 Å². The van der Waals surface area contributed by atoms with Gasteiger partial charge in [0.2, 0.25) is 0 Å². The molecular weight excluding hydrogens is 338 g/mol. The molecule has 5 heteroatoms. The highest BCUT2D eigenvalue weighted by Gasteiger charge is 2.13. The predicted octanol–water partition coefficient (Wildman–Crippen LogP) is 3.19. The van der Waals surface area contributed by atoms with Gasteiger partial charge in [-0.2, -0.15) is 0 Å². The lowest BCUT2D eigenvalue weighted by atomic mass is 10.1. The number of halogens is 1. The molecule has 1 unspecified atom stereocenters. The molecule has 0 aliphatic heterocycles. The zero-order chi connectivity index (χ0) is 18.2. The highest BCUT2D eigenvalue weighted by molar-refractivity contribution is 6.32. The van der Waals surface area contributed by atoms with E-state index >= 15 is 0 Å². The summed E-state index contributed by atoms with van der Waals surface area (Å²) < 4.78 is 5.72. The first-order valence-corrected chi connectivity index (χ1v) is 8.82. The van der Waals surface area contributed by atoms with Crippen LogP contribution in [0.1, 0.15) is 16.7 Å². The summed E-state index contributed by atoms with van der Waals surface area (Å²) in [4.78, 5) is 2.02. The summed E-state index contributed by atoms with van der Waals surface area (Å²) >= 11 is 6.16. The molecule has 0 saturated carbocycles. The number of aliphatic hydroxyl groups excluding tert-OH is 2. The molecule has 0 aliphatic rings. The van der Waals surface area contributed by atoms with Crippen molar-refractivity contribution in [3.63, 3.8) is 0 Å². The van der Waals surface area contributed by atoms with Gasteiger partial charge in [0.25, 0.3) is 0 Å². The van der Waals surface area contributed by atoms with Gasteiger partial charge in [0.1, 0.15) is 18.5 Å². The largest absolute Gasteiger partial charge is 0.491 e. The standard InChI is InChI=1S/C20H26ClNO3/c1-15-10-19(11-16(2)20(15)21)25-14-18(24)13-22(8-9-23)12-17-6-4-3-5-7-17/h3-7,10-11,18,23-24H,8-9,12-14H2,1-2H3. The first-order chi connectivity index (χ1) is 12.0. The minimum Gasteiger partial charge on any atom is -0.491 e. The van der Waals surface area contributed by atoms with Gasteiger partial charge in [-0.25, -0.2) is 0 Å². The molecule has 0 spiro atoms. The van der Waals surface area contributed by atoms with Crippen LogP contribution in [0.15, 0.2) is 42.5 Å². The van der Waals surface area contributed by atoms with Crippen LogP contribution in [0.5, 0.6) is 5.75 Å². The fourth-order valence-electron chi connectivity index (χ4n) is 2.75. The van der Waals surface area contributed by atoms with Gasteiger partial charge >= 0.3 is 0 Å². The van der Waals surface area contributed by atoms with E-state index < -0.39 is 6.10 Å². The fourth-order valence-corrected chi connectivity index (χ4v) is 2.86. The first kappa shape index (κ1) is 19.7. The molecule has 25 heavy (non-hydrogen) atoms. The van der Waals surface area contributed by atoms with Crippen LogP contribution in [0.2, 0.25) is 5.02 Å². The van der Waals surface area contributed by atoms with Gasteiger partial charge in [0.05, 0.1) is 6.61 Å². The zero-order valence-electron chi connectivity index (χ0n) is 14.8. The van der Waals surface area contributed by atoms with Crippen LogP contribution in [0, 0.1) is 13.8 Å². The van der Waals surface area contributed by atoms with Gasteiger partial charge in [-0.05, 0) is 42.7 Å². The van der Waals surface area contributed by atoms with Crippen LogP contribution >= 0.6 is 11.6 Å². The number of aryl methyl sites for hydroxylation is 2. The fraction of sp³-hybridized carbons (Fsp3) is 0.400. The summed E-state index contributed by atoms with van der Waals surface area (Å²) in [6.07, 6.45) is -0.647. The van der Waals surface area contributed by atoms with E-state index in [0.717, 1.165) is 21.7 Å². The van der Waals surface area contributed by atoms with E-state index in [0.29, 0.717) is 25.4 Å². The normalized spacial score (nSPS) is 12.4. The smallest absolute Gasteiger partial charge is 0.120 e. The topological polar surface area (TPSA) is 52.9 Å². The number of nitrogens with zero attached hydrogens (tertiary/aromatic N) is 1. The average molecular weight is 364 g/mol. The lowest BCUT2D eigenvalue weighted by molar-refractivity contribution is 0.0590. The van der Waals surface area contributed by atoms with Crippen LogP contribution in [0.3, 0.4) is 0 Å². The monoisotopic (exact) mass is 363 g/mol. The molecule has 2 aromatic carbocycles. The summed E-state index contributed by atoms with van der Waals surface area (Å²) in [5.41, 5.74) is 3.06. The van der Waals surface area contributed by atoms with Crippen molar-refractivity contribution in [2.75, 3.05) is 26.3 Å². The molecular formula is C20H26ClNO3. The summed E-state index contributed by atoms with van der Waals surface area (Å²) in [7, 11) is 0. The SMILES string of the molecule is Cc1cc(OCC(O)CN(CCO)Cc2ccccc2)cc(C)c1Cl. The number of aliphatic hydroxyl groups is 2. The van der Waals surface area contributed by atoms with Crippen LogP contribution in [0.25, 0.3) is 0 Å². The Morgan fingerprint density at radius 1 is 1.12 bits per heavy atom. The number of ether oxygens (including phenoxy) is 1. The van der Waals surface area contributed by atoms with Crippen molar-refractivity contribution >= 4 is 11.6 Å². The summed E-state index contributed by atoms with van der Waals surface area (Å²) in [5, 5.41) is 20.3. The Hall–Kier alpha value is -1.59. The number of hydrogen-bond acceptors (Lipinski definition) is 4. The Morgan fingerprint density at radius 2 is 1.76 bits per heavy atom. The van der Waals surface area contributed by atoms with Crippen molar-refractivity contribution in [2.24, 2.45) is 0 Å². The Balaban J connectivity index is 1.89. The van der Waals surface area contributed by atoms with Gasteiger partial charge in [-0.3, -0.25) is 4.90 Å². The minimum atomic E-state index is -0.647. The van der Waals surface area contributed by atoms with Gasteiger partial charge in [0, 0.05) is 24.7 Å². The second kappa shape index (κ2) is 9.78. The van der Waals surface area contributed by atoms with E-state index in [1.54, 1.807) is 0 Å². The lowest BCUT2D eigenvalue weighted by Gasteiger charge is -2.24.